The van der Waals surface area contributed by atoms with Gasteiger partial charge in [0.15, 0.2) is 5.82 Å². The van der Waals surface area contributed by atoms with E-state index in [-0.39, 0.29) is 5.82 Å². The zero-order chi connectivity index (χ0) is 9.26. The van der Waals surface area contributed by atoms with Crippen LogP contribution in [0.2, 0.25) is 0 Å². The fraction of sp³-hybridized carbons (Fsp3) is 0.222. The molecule has 13 heavy (non-hydrogen) atoms. The molecule has 1 heterocycles. The molecule has 0 spiro atoms. The minimum atomic E-state index is -0.206. The van der Waals surface area contributed by atoms with Gasteiger partial charge in [0, 0.05) is 6.54 Å². The molecule has 0 bridgehead atoms. The molecule has 2 aromatic rings. The van der Waals surface area contributed by atoms with Crippen molar-refractivity contribution in [3.63, 3.8) is 0 Å². The van der Waals surface area contributed by atoms with Crippen molar-refractivity contribution in [2.24, 2.45) is 0 Å². The number of nitrogens with zero attached hydrogens (tertiary/aromatic N) is 1. The SMILES string of the molecule is CCNc1nsc2cccc(F)c12. The van der Waals surface area contributed by atoms with E-state index in [9.17, 15) is 4.39 Å². The van der Waals surface area contributed by atoms with Gasteiger partial charge in [0.05, 0.1) is 10.1 Å². The number of rotatable bonds is 2. The number of benzene rings is 1. The summed E-state index contributed by atoms with van der Waals surface area (Å²) in [6.07, 6.45) is 0. The molecule has 0 amide bonds. The van der Waals surface area contributed by atoms with Crippen molar-refractivity contribution in [1.82, 2.24) is 4.37 Å². The molecule has 0 unspecified atom stereocenters. The predicted molar refractivity (Wildman–Crippen MR) is 53.7 cm³/mol. The molecule has 2 rings (SSSR count). The lowest BCUT2D eigenvalue weighted by atomic mass is 10.2. The Morgan fingerprint density at radius 3 is 3.15 bits per heavy atom. The molecule has 1 N–H and O–H groups in total. The van der Waals surface area contributed by atoms with Gasteiger partial charge in [-0.2, -0.15) is 4.37 Å². The van der Waals surface area contributed by atoms with E-state index in [1.807, 2.05) is 13.0 Å². The highest BCUT2D eigenvalue weighted by Gasteiger charge is 2.08. The van der Waals surface area contributed by atoms with Crippen LogP contribution in [0.3, 0.4) is 0 Å². The van der Waals surface area contributed by atoms with Gasteiger partial charge in [0.2, 0.25) is 0 Å². The van der Waals surface area contributed by atoms with Crippen molar-refractivity contribution in [3.05, 3.63) is 24.0 Å². The quantitative estimate of drug-likeness (QED) is 0.798. The van der Waals surface area contributed by atoms with Crippen molar-refractivity contribution >= 4 is 27.4 Å². The molecule has 0 saturated carbocycles. The third kappa shape index (κ3) is 1.37. The fourth-order valence-electron chi connectivity index (χ4n) is 1.24. The lowest BCUT2D eigenvalue weighted by Crippen LogP contribution is -1.96. The van der Waals surface area contributed by atoms with Gasteiger partial charge in [0.25, 0.3) is 0 Å². The van der Waals surface area contributed by atoms with Crippen LogP contribution in [0.25, 0.3) is 10.1 Å². The van der Waals surface area contributed by atoms with Crippen molar-refractivity contribution in [2.45, 2.75) is 6.92 Å². The molecule has 1 aromatic heterocycles. The third-order valence-electron chi connectivity index (χ3n) is 1.79. The molecule has 0 radical (unpaired) electrons. The lowest BCUT2D eigenvalue weighted by Gasteiger charge is -1.98. The smallest absolute Gasteiger partial charge is 0.150 e. The predicted octanol–water partition coefficient (Wildman–Crippen LogP) is 2.87. The number of hydrogen-bond acceptors (Lipinski definition) is 3. The number of aromatic nitrogens is 1. The van der Waals surface area contributed by atoms with E-state index >= 15 is 0 Å². The van der Waals surface area contributed by atoms with Crippen LogP contribution in [0.1, 0.15) is 6.92 Å². The Kier molecular flexibility index (Phi) is 2.14. The Hall–Kier alpha value is -1.16. The summed E-state index contributed by atoms with van der Waals surface area (Å²) in [5, 5.41) is 3.64. The highest BCUT2D eigenvalue weighted by molar-refractivity contribution is 7.13. The van der Waals surface area contributed by atoms with Gasteiger partial charge < -0.3 is 5.32 Å². The van der Waals surface area contributed by atoms with Gasteiger partial charge in [-0.25, -0.2) is 4.39 Å². The van der Waals surface area contributed by atoms with E-state index in [0.29, 0.717) is 11.2 Å². The molecule has 0 fully saturated rings. The van der Waals surface area contributed by atoms with Crippen molar-refractivity contribution in [3.8, 4) is 0 Å². The first-order chi connectivity index (χ1) is 6.33. The first-order valence-corrected chi connectivity index (χ1v) is 4.88. The second-order valence-electron chi connectivity index (χ2n) is 2.67. The second kappa shape index (κ2) is 3.30. The summed E-state index contributed by atoms with van der Waals surface area (Å²) < 4.78 is 18.4. The highest BCUT2D eigenvalue weighted by Crippen LogP contribution is 2.28. The Balaban J connectivity index is 2.64. The summed E-state index contributed by atoms with van der Waals surface area (Å²) in [7, 11) is 0. The van der Waals surface area contributed by atoms with E-state index in [4.69, 9.17) is 0 Å². The van der Waals surface area contributed by atoms with Crippen LogP contribution in [-0.4, -0.2) is 10.9 Å². The summed E-state index contributed by atoms with van der Waals surface area (Å²) in [6.45, 7) is 2.72. The maximum Gasteiger partial charge on any atom is 0.150 e. The van der Waals surface area contributed by atoms with E-state index in [2.05, 4.69) is 9.69 Å². The van der Waals surface area contributed by atoms with Crippen molar-refractivity contribution < 1.29 is 4.39 Å². The monoisotopic (exact) mass is 196 g/mol. The molecule has 4 heteroatoms. The Labute approximate surface area is 79.6 Å². The van der Waals surface area contributed by atoms with Crippen LogP contribution in [0, 0.1) is 5.82 Å². The van der Waals surface area contributed by atoms with Crippen LogP contribution < -0.4 is 5.32 Å². The number of halogens is 1. The lowest BCUT2D eigenvalue weighted by molar-refractivity contribution is 0.640. The second-order valence-corrected chi connectivity index (χ2v) is 3.48. The van der Waals surface area contributed by atoms with Gasteiger partial charge in [-0.3, -0.25) is 0 Å². The number of hydrogen-bond donors (Lipinski definition) is 1. The summed E-state index contributed by atoms with van der Waals surface area (Å²) in [6, 6.07) is 5.03. The highest BCUT2D eigenvalue weighted by atomic mass is 32.1. The molecular weight excluding hydrogens is 187 g/mol. The first kappa shape index (κ1) is 8.44. The maximum absolute atomic E-state index is 13.3. The fourth-order valence-corrected chi connectivity index (χ4v) is 2.01. The van der Waals surface area contributed by atoms with Crippen molar-refractivity contribution in [2.75, 3.05) is 11.9 Å². The zero-order valence-corrected chi connectivity index (χ0v) is 7.99. The summed E-state index contributed by atoms with van der Waals surface area (Å²) in [5.74, 6) is 0.447. The zero-order valence-electron chi connectivity index (χ0n) is 7.17. The first-order valence-electron chi connectivity index (χ1n) is 4.10. The van der Waals surface area contributed by atoms with Crippen LogP contribution >= 0.6 is 11.5 Å². The number of nitrogens with one attached hydrogen (secondary N) is 1. The van der Waals surface area contributed by atoms with Crippen LogP contribution in [0.4, 0.5) is 10.2 Å². The van der Waals surface area contributed by atoms with Gasteiger partial charge >= 0.3 is 0 Å². The standard InChI is InChI=1S/C9H9FN2S/c1-2-11-9-8-6(10)4-3-5-7(8)13-12-9/h3-5H,2H2,1H3,(H,11,12). The van der Waals surface area contributed by atoms with E-state index in [1.165, 1.54) is 17.6 Å². The largest absolute Gasteiger partial charge is 0.369 e. The average molecular weight is 196 g/mol. The van der Waals surface area contributed by atoms with Crippen LogP contribution in [0.5, 0.6) is 0 Å². The van der Waals surface area contributed by atoms with Crippen molar-refractivity contribution in [1.29, 1.82) is 0 Å². The van der Waals surface area contributed by atoms with Gasteiger partial charge in [0.1, 0.15) is 5.82 Å². The Morgan fingerprint density at radius 1 is 1.54 bits per heavy atom. The van der Waals surface area contributed by atoms with Gasteiger partial charge in [-0.1, -0.05) is 6.07 Å². The molecule has 2 nitrogen and oxygen atoms in total. The van der Waals surface area contributed by atoms with Crippen LogP contribution in [0.15, 0.2) is 18.2 Å². The normalized spacial score (nSPS) is 10.6. The molecule has 0 aliphatic carbocycles. The molecule has 0 saturated heterocycles. The maximum atomic E-state index is 13.3. The van der Waals surface area contributed by atoms with E-state index in [0.717, 1.165) is 11.2 Å². The topological polar surface area (TPSA) is 24.9 Å². The summed E-state index contributed by atoms with van der Waals surface area (Å²) in [5.41, 5.74) is 0. The number of fused-ring (bicyclic) bond motifs is 1. The molecule has 1 aromatic carbocycles. The molecule has 0 aliphatic rings. The third-order valence-corrected chi connectivity index (χ3v) is 2.60. The molecule has 0 aliphatic heterocycles. The van der Waals surface area contributed by atoms with Gasteiger partial charge in [-0.15, -0.1) is 0 Å². The van der Waals surface area contributed by atoms with Gasteiger partial charge in [-0.05, 0) is 30.6 Å². The number of anilines is 1. The minimum absolute atomic E-state index is 0.206. The molecular formula is C9H9FN2S. The minimum Gasteiger partial charge on any atom is -0.369 e. The van der Waals surface area contributed by atoms with E-state index < -0.39 is 0 Å². The molecule has 68 valence electrons. The summed E-state index contributed by atoms with van der Waals surface area (Å²) >= 11 is 1.32. The molecule has 0 atom stereocenters. The average Bonchev–Trinajstić information content (AvgIpc) is 2.51. The van der Waals surface area contributed by atoms with Crippen LogP contribution in [-0.2, 0) is 0 Å². The van der Waals surface area contributed by atoms with E-state index in [1.54, 1.807) is 6.07 Å². The Morgan fingerprint density at radius 2 is 2.38 bits per heavy atom. The Bertz CT molecular complexity index is 424. The summed E-state index contributed by atoms with van der Waals surface area (Å²) in [4.78, 5) is 0.